The zero-order chi connectivity index (χ0) is 16.7. The minimum Gasteiger partial charge on any atom is -0.464 e. The van der Waals surface area contributed by atoms with Crippen molar-refractivity contribution in [2.24, 2.45) is 0 Å². The van der Waals surface area contributed by atoms with Gasteiger partial charge in [-0.05, 0) is 49.2 Å². The molecule has 1 aromatic heterocycles. The smallest absolute Gasteiger partial charge is 0.231 e. The van der Waals surface area contributed by atoms with Crippen LogP contribution in [-0.2, 0) is 11.2 Å². The summed E-state index contributed by atoms with van der Waals surface area (Å²) in [6.45, 7) is 4.31. The van der Waals surface area contributed by atoms with Gasteiger partial charge in [0.25, 0.3) is 0 Å². The molecule has 4 rings (SSSR count). The van der Waals surface area contributed by atoms with Crippen molar-refractivity contribution in [2.45, 2.75) is 20.3 Å². The second kappa shape index (κ2) is 5.60. The molecule has 2 aromatic carbocycles. The lowest BCUT2D eigenvalue weighted by Gasteiger charge is -2.06. The highest BCUT2D eigenvalue weighted by molar-refractivity contribution is 5.95. The Balaban J connectivity index is 1.53. The van der Waals surface area contributed by atoms with Gasteiger partial charge < -0.3 is 19.2 Å². The van der Waals surface area contributed by atoms with E-state index in [4.69, 9.17) is 13.9 Å². The fourth-order valence-electron chi connectivity index (χ4n) is 2.83. The molecule has 122 valence electrons. The van der Waals surface area contributed by atoms with Crippen molar-refractivity contribution in [1.82, 2.24) is 0 Å². The Morgan fingerprint density at radius 1 is 1.08 bits per heavy atom. The number of hydrogen-bond acceptors (Lipinski definition) is 4. The van der Waals surface area contributed by atoms with Gasteiger partial charge in [0.05, 0.1) is 12.7 Å². The third kappa shape index (κ3) is 2.58. The first-order valence-electron chi connectivity index (χ1n) is 7.77. The van der Waals surface area contributed by atoms with Crippen molar-refractivity contribution in [3.05, 3.63) is 53.3 Å². The van der Waals surface area contributed by atoms with Gasteiger partial charge in [0, 0.05) is 22.7 Å². The molecule has 0 saturated carbocycles. The first-order valence-corrected chi connectivity index (χ1v) is 7.77. The topological polar surface area (TPSA) is 60.7 Å². The van der Waals surface area contributed by atoms with Gasteiger partial charge >= 0.3 is 0 Å². The molecule has 0 bridgehead atoms. The SMILES string of the molecule is Cc1cc2occ(CC(=O)Nc3ccc4c(c3)OCO4)c2cc1C. The number of anilines is 1. The maximum Gasteiger partial charge on any atom is 0.231 e. The van der Waals surface area contributed by atoms with Gasteiger partial charge in [-0.1, -0.05) is 0 Å². The summed E-state index contributed by atoms with van der Waals surface area (Å²) in [5.74, 6) is 1.24. The van der Waals surface area contributed by atoms with E-state index in [0.29, 0.717) is 17.2 Å². The molecule has 0 fully saturated rings. The number of aryl methyl sites for hydroxylation is 2. The van der Waals surface area contributed by atoms with E-state index in [2.05, 4.69) is 18.3 Å². The van der Waals surface area contributed by atoms with Gasteiger partial charge in [-0.15, -0.1) is 0 Å². The molecular weight excluding hydrogens is 306 g/mol. The van der Waals surface area contributed by atoms with Crippen LogP contribution >= 0.6 is 0 Å². The van der Waals surface area contributed by atoms with Crippen molar-refractivity contribution in [1.29, 1.82) is 0 Å². The summed E-state index contributed by atoms with van der Waals surface area (Å²) in [5, 5.41) is 3.87. The third-order valence-corrected chi connectivity index (χ3v) is 4.28. The summed E-state index contributed by atoms with van der Waals surface area (Å²) in [4.78, 5) is 12.4. The number of fused-ring (bicyclic) bond motifs is 2. The van der Waals surface area contributed by atoms with Gasteiger partial charge in [-0.25, -0.2) is 0 Å². The standard InChI is InChI=1S/C19H17NO4/c1-11-5-15-13(9-22-17(15)6-12(11)2)7-19(21)20-14-3-4-16-18(8-14)24-10-23-16/h3-6,8-9H,7,10H2,1-2H3,(H,20,21). The molecule has 1 aliphatic rings. The number of amides is 1. The number of furan rings is 1. The Bertz CT molecular complexity index is 942. The van der Waals surface area contributed by atoms with Crippen LogP contribution in [0.5, 0.6) is 11.5 Å². The van der Waals surface area contributed by atoms with E-state index in [9.17, 15) is 4.79 Å². The normalized spacial score (nSPS) is 12.6. The molecule has 0 unspecified atom stereocenters. The maximum atomic E-state index is 12.4. The summed E-state index contributed by atoms with van der Waals surface area (Å²) >= 11 is 0. The molecule has 0 radical (unpaired) electrons. The monoisotopic (exact) mass is 323 g/mol. The van der Waals surface area contributed by atoms with E-state index >= 15 is 0 Å². The Morgan fingerprint density at radius 3 is 2.75 bits per heavy atom. The number of carbonyl (C=O) groups excluding carboxylic acids is 1. The van der Waals surface area contributed by atoms with Crippen molar-refractivity contribution in [2.75, 3.05) is 12.1 Å². The van der Waals surface area contributed by atoms with E-state index in [-0.39, 0.29) is 19.1 Å². The predicted molar refractivity (Wildman–Crippen MR) is 90.6 cm³/mol. The van der Waals surface area contributed by atoms with Gasteiger partial charge in [0.15, 0.2) is 11.5 Å². The summed E-state index contributed by atoms with van der Waals surface area (Å²) in [6.07, 6.45) is 1.91. The Morgan fingerprint density at radius 2 is 1.88 bits per heavy atom. The first kappa shape index (κ1) is 14.6. The first-order chi connectivity index (χ1) is 11.6. The fourth-order valence-corrected chi connectivity index (χ4v) is 2.83. The third-order valence-electron chi connectivity index (χ3n) is 4.28. The van der Waals surface area contributed by atoms with E-state index < -0.39 is 0 Å². The lowest BCUT2D eigenvalue weighted by atomic mass is 10.0. The summed E-state index contributed by atoms with van der Waals surface area (Å²) in [5.41, 5.74) is 4.73. The molecule has 0 spiro atoms. The van der Waals surface area contributed by atoms with Gasteiger partial charge in [0.1, 0.15) is 5.58 Å². The largest absolute Gasteiger partial charge is 0.464 e. The predicted octanol–water partition coefficient (Wildman–Crippen LogP) is 3.96. The number of rotatable bonds is 3. The molecule has 2 heterocycles. The van der Waals surface area contributed by atoms with Crippen LogP contribution in [0.15, 0.2) is 41.0 Å². The quantitative estimate of drug-likeness (QED) is 0.792. The van der Waals surface area contributed by atoms with E-state index in [0.717, 1.165) is 16.5 Å². The number of carbonyl (C=O) groups is 1. The molecule has 3 aromatic rings. The molecule has 0 aliphatic carbocycles. The van der Waals surface area contributed by atoms with E-state index in [1.807, 2.05) is 13.0 Å². The van der Waals surface area contributed by atoms with Crippen molar-refractivity contribution in [3.63, 3.8) is 0 Å². The summed E-state index contributed by atoms with van der Waals surface area (Å²) < 4.78 is 16.2. The van der Waals surface area contributed by atoms with Crippen molar-refractivity contribution < 1.29 is 18.7 Å². The van der Waals surface area contributed by atoms with Gasteiger partial charge in [-0.2, -0.15) is 0 Å². The molecule has 1 aliphatic heterocycles. The zero-order valence-corrected chi connectivity index (χ0v) is 13.5. The molecule has 0 saturated heterocycles. The summed E-state index contributed by atoms with van der Waals surface area (Å²) in [7, 11) is 0. The number of nitrogens with one attached hydrogen (secondary N) is 1. The Hall–Kier alpha value is -2.95. The maximum absolute atomic E-state index is 12.4. The highest BCUT2D eigenvalue weighted by Gasteiger charge is 2.15. The van der Waals surface area contributed by atoms with Crippen LogP contribution in [0.1, 0.15) is 16.7 Å². The van der Waals surface area contributed by atoms with Gasteiger partial charge in [0.2, 0.25) is 12.7 Å². The lowest BCUT2D eigenvalue weighted by Crippen LogP contribution is -2.14. The highest BCUT2D eigenvalue weighted by Crippen LogP contribution is 2.34. The van der Waals surface area contributed by atoms with Crippen molar-refractivity contribution >= 4 is 22.6 Å². The van der Waals surface area contributed by atoms with Crippen LogP contribution in [0, 0.1) is 13.8 Å². The van der Waals surface area contributed by atoms with Crippen molar-refractivity contribution in [3.8, 4) is 11.5 Å². The average Bonchev–Trinajstić information content (AvgIpc) is 3.15. The molecule has 1 N–H and O–H groups in total. The summed E-state index contributed by atoms with van der Waals surface area (Å²) in [6, 6.07) is 9.42. The second-order valence-corrected chi connectivity index (χ2v) is 5.99. The zero-order valence-electron chi connectivity index (χ0n) is 13.5. The van der Waals surface area contributed by atoms with Crippen LogP contribution in [0.25, 0.3) is 11.0 Å². The number of ether oxygens (including phenoxy) is 2. The highest BCUT2D eigenvalue weighted by atomic mass is 16.7. The molecule has 24 heavy (non-hydrogen) atoms. The number of benzene rings is 2. The van der Waals surface area contributed by atoms with Crippen LogP contribution in [0.4, 0.5) is 5.69 Å². The molecule has 5 nitrogen and oxygen atoms in total. The Kier molecular flexibility index (Phi) is 3.41. The second-order valence-electron chi connectivity index (χ2n) is 5.99. The van der Waals surface area contributed by atoms with E-state index in [1.165, 1.54) is 11.1 Å². The lowest BCUT2D eigenvalue weighted by molar-refractivity contribution is -0.115. The Labute approximate surface area is 139 Å². The van der Waals surface area contributed by atoms with Crippen LogP contribution in [0.2, 0.25) is 0 Å². The average molecular weight is 323 g/mol. The molecule has 0 atom stereocenters. The fraction of sp³-hybridized carbons (Fsp3) is 0.211. The van der Waals surface area contributed by atoms with Crippen LogP contribution in [-0.4, -0.2) is 12.7 Å². The van der Waals surface area contributed by atoms with Crippen LogP contribution in [0.3, 0.4) is 0 Å². The molecule has 5 heteroatoms. The minimum absolute atomic E-state index is 0.102. The van der Waals surface area contributed by atoms with E-state index in [1.54, 1.807) is 24.5 Å². The molecular formula is C19H17NO4. The van der Waals surface area contributed by atoms with Gasteiger partial charge in [-0.3, -0.25) is 4.79 Å². The van der Waals surface area contributed by atoms with Crippen LogP contribution < -0.4 is 14.8 Å². The minimum atomic E-state index is -0.102. The number of hydrogen-bond donors (Lipinski definition) is 1. The molecule has 1 amide bonds.